The molecule has 0 saturated carbocycles. The Kier molecular flexibility index (Phi) is 4.28. The zero-order chi connectivity index (χ0) is 16.2. The van der Waals surface area contributed by atoms with Crippen LogP contribution in [0.5, 0.6) is 0 Å². The van der Waals surface area contributed by atoms with Gasteiger partial charge in [0.2, 0.25) is 0 Å². The van der Waals surface area contributed by atoms with E-state index in [2.05, 4.69) is 5.32 Å². The van der Waals surface area contributed by atoms with Gasteiger partial charge in [0.15, 0.2) is 0 Å². The van der Waals surface area contributed by atoms with E-state index in [1.54, 1.807) is 4.90 Å². The zero-order valence-corrected chi connectivity index (χ0v) is 12.9. The molecule has 0 spiro atoms. The van der Waals surface area contributed by atoms with E-state index >= 15 is 0 Å². The summed E-state index contributed by atoms with van der Waals surface area (Å²) in [5.74, 6) is -0.777. The van der Waals surface area contributed by atoms with E-state index in [9.17, 15) is 9.59 Å². The molecule has 0 radical (unpaired) electrons. The molecule has 1 heterocycles. The SMILES string of the molecule is COC(=O)C1CN(C(=O)Nc2ccccc2)Cc2ccccc21. The largest absolute Gasteiger partial charge is 0.468 e. The van der Waals surface area contributed by atoms with Crippen LogP contribution in [0.3, 0.4) is 0 Å². The Balaban J connectivity index is 1.82. The third-order valence-electron chi connectivity index (χ3n) is 3.99. The van der Waals surface area contributed by atoms with Crippen LogP contribution in [0.15, 0.2) is 54.6 Å². The van der Waals surface area contributed by atoms with Gasteiger partial charge in [0.1, 0.15) is 0 Å². The second-order valence-electron chi connectivity index (χ2n) is 5.45. The molecule has 2 aromatic carbocycles. The Bertz CT molecular complexity index is 715. The minimum Gasteiger partial charge on any atom is -0.468 e. The minimum absolute atomic E-state index is 0.223. The molecule has 2 aromatic rings. The van der Waals surface area contributed by atoms with Crippen LogP contribution in [0.2, 0.25) is 0 Å². The van der Waals surface area contributed by atoms with Gasteiger partial charge in [-0.05, 0) is 23.3 Å². The highest BCUT2D eigenvalue weighted by atomic mass is 16.5. The van der Waals surface area contributed by atoms with Crippen LogP contribution >= 0.6 is 0 Å². The van der Waals surface area contributed by atoms with E-state index in [1.165, 1.54) is 7.11 Å². The van der Waals surface area contributed by atoms with Crippen molar-refractivity contribution in [2.75, 3.05) is 19.0 Å². The number of nitrogens with one attached hydrogen (secondary N) is 1. The molecule has 1 atom stereocenters. The third kappa shape index (κ3) is 3.18. The highest BCUT2D eigenvalue weighted by Gasteiger charge is 2.33. The van der Waals surface area contributed by atoms with E-state index in [0.29, 0.717) is 13.1 Å². The van der Waals surface area contributed by atoms with Crippen LogP contribution in [-0.4, -0.2) is 30.6 Å². The van der Waals surface area contributed by atoms with E-state index in [4.69, 9.17) is 4.74 Å². The molecule has 1 aliphatic rings. The summed E-state index contributed by atoms with van der Waals surface area (Å²) in [5, 5.41) is 2.85. The molecule has 2 amide bonds. The van der Waals surface area contributed by atoms with Crippen molar-refractivity contribution in [2.45, 2.75) is 12.5 Å². The number of esters is 1. The first kappa shape index (κ1) is 15.1. The Morgan fingerprint density at radius 3 is 2.52 bits per heavy atom. The number of nitrogens with zero attached hydrogens (tertiary/aromatic N) is 1. The summed E-state index contributed by atoms with van der Waals surface area (Å²) in [6, 6.07) is 16.7. The fourth-order valence-electron chi connectivity index (χ4n) is 2.83. The van der Waals surface area contributed by atoms with Gasteiger partial charge in [-0.2, -0.15) is 0 Å². The van der Waals surface area contributed by atoms with Gasteiger partial charge in [-0.1, -0.05) is 42.5 Å². The van der Waals surface area contributed by atoms with E-state index in [0.717, 1.165) is 16.8 Å². The van der Waals surface area contributed by atoms with Gasteiger partial charge in [-0.3, -0.25) is 4.79 Å². The van der Waals surface area contributed by atoms with Gasteiger partial charge < -0.3 is 15.0 Å². The zero-order valence-electron chi connectivity index (χ0n) is 12.9. The standard InChI is InChI=1S/C18H18N2O3/c1-23-17(21)16-12-20(11-13-7-5-6-10-15(13)16)18(22)19-14-8-3-2-4-9-14/h2-10,16H,11-12H2,1H3,(H,19,22). The van der Waals surface area contributed by atoms with Crippen LogP contribution in [0, 0.1) is 0 Å². The minimum atomic E-state index is -0.452. The average Bonchev–Trinajstić information content (AvgIpc) is 2.61. The molecule has 5 heteroatoms. The third-order valence-corrected chi connectivity index (χ3v) is 3.99. The molecular weight excluding hydrogens is 292 g/mol. The molecule has 1 aliphatic heterocycles. The number of ether oxygens (including phenoxy) is 1. The normalized spacial score (nSPS) is 16.4. The number of benzene rings is 2. The molecule has 1 unspecified atom stereocenters. The topological polar surface area (TPSA) is 58.6 Å². The molecule has 0 bridgehead atoms. The molecule has 1 N–H and O–H groups in total. The molecule has 118 valence electrons. The Morgan fingerprint density at radius 1 is 1.09 bits per heavy atom. The summed E-state index contributed by atoms with van der Waals surface area (Å²) in [4.78, 5) is 26.2. The van der Waals surface area contributed by atoms with Gasteiger partial charge in [0.25, 0.3) is 0 Å². The quantitative estimate of drug-likeness (QED) is 0.868. The number of rotatable bonds is 2. The average molecular weight is 310 g/mol. The van der Waals surface area contributed by atoms with Gasteiger partial charge in [-0.25, -0.2) is 4.79 Å². The smallest absolute Gasteiger partial charge is 0.322 e. The second-order valence-corrected chi connectivity index (χ2v) is 5.45. The first-order valence-corrected chi connectivity index (χ1v) is 7.45. The van der Waals surface area contributed by atoms with Crippen molar-refractivity contribution in [3.05, 3.63) is 65.7 Å². The summed E-state index contributed by atoms with van der Waals surface area (Å²) in [6.07, 6.45) is 0. The number of amides is 2. The number of carbonyl (C=O) groups excluding carboxylic acids is 2. The summed E-state index contributed by atoms with van der Waals surface area (Å²) in [5.41, 5.74) is 2.63. The number of fused-ring (bicyclic) bond motifs is 1. The number of anilines is 1. The summed E-state index contributed by atoms with van der Waals surface area (Å²) in [6.45, 7) is 0.782. The highest BCUT2D eigenvalue weighted by molar-refractivity contribution is 5.90. The summed E-state index contributed by atoms with van der Waals surface area (Å²) < 4.78 is 4.90. The van der Waals surface area contributed by atoms with Gasteiger partial charge in [0, 0.05) is 18.8 Å². The maximum Gasteiger partial charge on any atom is 0.322 e. The van der Waals surface area contributed by atoms with Crippen LogP contribution in [-0.2, 0) is 16.1 Å². The first-order chi connectivity index (χ1) is 11.2. The maximum atomic E-state index is 12.5. The van der Waals surface area contributed by atoms with Crippen molar-refractivity contribution in [1.82, 2.24) is 4.90 Å². The molecular formula is C18H18N2O3. The Morgan fingerprint density at radius 2 is 1.78 bits per heavy atom. The van der Waals surface area contributed by atoms with Crippen LogP contribution < -0.4 is 5.32 Å². The van der Waals surface area contributed by atoms with E-state index < -0.39 is 5.92 Å². The van der Waals surface area contributed by atoms with Crippen molar-refractivity contribution in [2.24, 2.45) is 0 Å². The Labute approximate surface area is 134 Å². The highest BCUT2D eigenvalue weighted by Crippen LogP contribution is 2.29. The van der Waals surface area contributed by atoms with Gasteiger partial charge in [-0.15, -0.1) is 0 Å². The van der Waals surface area contributed by atoms with E-state index in [1.807, 2.05) is 54.6 Å². The van der Waals surface area contributed by atoms with Gasteiger partial charge in [0.05, 0.1) is 13.0 Å². The molecule has 23 heavy (non-hydrogen) atoms. The fourth-order valence-corrected chi connectivity index (χ4v) is 2.83. The van der Waals surface area contributed by atoms with Crippen molar-refractivity contribution in [3.63, 3.8) is 0 Å². The van der Waals surface area contributed by atoms with Crippen molar-refractivity contribution >= 4 is 17.7 Å². The second kappa shape index (κ2) is 6.52. The number of hydrogen-bond donors (Lipinski definition) is 1. The van der Waals surface area contributed by atoms with Gasteiger partial charge >= 0.3 is 12.0 Å². The number of methoxy groups -OCH3 is 1. The number of hydrogen-bond acceptors (Lipinski definition) is 3. The van der Waals surface area contributed by atoms with Crippen LogP contribution in [0.4, 0.5) is 10.5 Å². The lowest BCUT2D eigenvalue weighted by molar-refractivity contribution is -0.143. The lowest BCUT2D eigenvalue weighted by Crippen LogP contribution is -2.43. The van der Waals surface area contributed by atoms with Crippen LogP contribution in [0.1, 0.15) is 17.0 Å². The molecule has 5 nitrogen and oxygen atoms in total. The number of urea groups is 1. The van der Waals surface area contributed by atoms with Crippen LogP contribution in [0.25, 0.3) is 0 Å². The van der Waals surface area contributed by atoms with E-state index in [-0.39, 0.29) is 12.0 Å². The summed E-state index contributed by atoms with van der Waals surface area (Å²) >= 11 is 0. The number of para-hydroxylation sites is 1. The lowest BCUT2D eigenvalue weighted by atomic mass is 9.90. The monoisotopic (exact) mass is 310 g/mol. The number of carbonyl (C=O) groups is 2. The molecule has 3 rings (SSSR count). The maximum absolute atomic E-state index is 12.5. The van der Waals surface area contributed by atoms with Crippen molar-refractivity contribution < 1.29 is 14.3 Å². The summed E-state index contributed by atoms with van der Waals surface area (Å²) in [7, 11) is 1.37. The van der Waals surface area contributed by atoms with Crippen molar-refractivity contribution in [1.29, 1.82) is 0 Å². The Hall–Kier alpha value is -2.82. The molecule has 0 fully saturated rings. The molecule has 0 aromatic heterocycles. The predicted molar refractivity (Wildman–Crippen MR) is 87.1 cm³/mol. The lowest BCUT2D eigenvalue weighted by Gasteiger charge is -2.33. The molecule has 0 aliphatic carbocycles. The predicted octanol–water partition coefficient (Wildman–Crippen LogP) is 2.99. The fraction of sp³-hybridized carbons (Fsp3) is 0.222. The molecule has 0 saturated heterocycles. The first-order valence-electron chi connectivity index (χ1n) is 7.45. The van der Waals surface area contributed by atoms with Crippen molar-refractivity contribution in [3.8, 4) is 0 Å².